The van der Waals surface area contributed by atoms with Crippen molar-refractivity contribution < 1.29 is 14.3 Å². The van der Waals surface area contributed by atoms with Crippen molar-refractivity contribution >= 4 is 5.91 Å². The van der Waals surface area contributed by atoms with Gasteiger partial charge in [0.05, 0.1) is 13.2 Å². The molecule has 0 aliphatic carbocycles. The number of likely N-dealkylation sites (N-methyl/N-ethyl adjacent to an activating group) is 1. The number of carbonyl (C=O) groups excluding carboxylic acids is 1. The molecule has 0 saturated carbocycles. The van der Waals surface area contributed by atoms with E-state index in [1.807, 2.05) is 7.05 Å². The molecule has 1 rings (SSSR count). The first-order valence-corrected chi connectivity index (χ1v) is 5.91. The van der Waals surface area contributed by atoms with Crippen LogP contribution in [0, 0.1) is 0 Å². The number of methoxy groups -OCH3 is 1. The average molecular weight is 245 g/mol. The van der Waals surface area contributed by atoms with Crippen LogP contribution in [0.5, 0.6) is 0 Å². The summed E-state index contributed by atoms with van der Waals surface area (Å²) in [7, 11) is 3.66. The number of hydrogen-bond acceptors (Lipinski definition) is 5. The molecule has 1 atom stereocenters. The Morgan fingerprint density at radius 2 is 2.35 bits per heavy atom. The molecule has 17 heavy (non-hydrogen) atoms. The molecule has 0 aromatic rings. The largest absolute Gasteiger partial charge is 0.383 e. The highest BCUT2D eigenvalue weighted by molar-refractivity contribution is 5.86. The number of nitrogens with one attached hydrogen (secondary N) is 1. The van der Waals surface area contributed by atoms with E-state index in [2.05, 4.69) is 10.2 Å². The second-order valence-corrected chi connectivity index (χ2v) is 4.51. The zero-order chi connectivity index (χ0) is 12.7. The number of ether oxygens (including phenoxy) is 2. The fourth-order valence-corrected chi connectivity index (χ4v) is 1.66. The quantitative estimate of drug-likeness (QED) is 0.589. The predicted octanol–water partition coefficient (Wildman–Crippen LogP) is -1.20. The number of rotatable bonds is 7. The van der Waals surface area contributed by atoms with Gasteiger partial charge in [0.1, 0.15) is 5.54 Å². The molecule has 3 N–H and O–H groups in total. The molecule has 0 aromatic carbocycles. The van der Waals surface area contributed by atoms with Crippen LogP contribution in [0.1, 0.15) is 6.42 Å². The van der Waals surface area contributed by atoms with Crippen molar-refractivity contribution in [1.29, 1.82) is 0 Å². The number of carbonyl (C=O) groups is 1. The van der Waals surface area contributed by atoms with E-state index in [-0.39, 0.29) is 5.91 Å². The summed E-state index contributed by atoms with van der Waals surface area (Å²) in [6.07, 6.45) is 0.596. The van der Waals surface area contributed by atoms with E-state index in [1.54, 1.807) is 7.11 Å². The lowest BCUT2D eigenvalue weighted by molar-refractivity contribution is -0.126. The zero-order valence-electron chi connectivity index (χ0n) is 10.7. The van der Waals surface area contributed by atoms with Crippen LogP contribution in [0.4, 0.5) is 0 Å². The number of nitrogens with zero attached hydrogens (tertiary/aromatic N) is 1. The molecule has 100 valence electrons. The Hall–Kier alpha value is -0.690. The summed E-state index contributed by atoms with van der Waals surface area (Å²) in [4.78, 5) is 13.9. The summed E-state index contributed by atoms with van der Waals surface area (Å²) in [5.41, 5.74) is 5.10. The fourth-order valence-electron chi connectivity index (χ4n) is 1.66. The minimum atomic E-state index is -0.828. The molecule has 1 fully saturated rings. The maximum Gasteiger partial charge on any atom is 0.242 e. The highest BCUT2D eigenvalue weighted by Gasteiger charge is 2.37. The lowest BCUT2D eigenvalue weighted by atomic mass is 9.99. The van der Waals surface area contributed by atoms with Gasteiger partial charge >= 0.3 is 0 Å². The topological polar surface area (TPSA) is 76.8 Å². The van der Waals surface area contributed by atoms with Crippen molar-refractivity contribution in [3.8, 4) is 0 Å². The third kappa shape index (κ3) is 4.59. The SMILES string of the molecule is COCCN(C)CCNC(=O)C1(N)CCOC1. The highest BCUT2D eigenvalue weighted by Crippen LogP contribution is 2.14. The number of amides is 1. The molecule has 1 unspecified atom stereocenters. The molecule has 0 spiro atoms. The van der Waals surface area contributed by atoms with Gasteiger partial charge < -0.3 is 25.4 Å². The molecule has 1 heterocycles. The summed E-state index contributed by atoms with van der Waals surface area (Å²) in [5, 5.41) is 2.85. The summed E-state index contributed by atoms with van der Waals surface area (Å²) in [5.74, 6) is -0.116. The van der Waals surface area contributed by atoms with Crippen LogP contribution in [0.3, 0.4) is 0 Å². The van der Waals surface area contributed by atoms with Gasteiger partial charge in [0.2, 0.25) is 5.91 Å². The van der Waals surface area contributed by atoms with E-state index >= 15 is 0 Å². The van der Waals surface area contributed by atoms with E-state index in [1.165, 1.54) is 0 Å². The highest BCUT2D eigenvalue weighted by atomic mass is 16.5. The normalized spacial score (nSPS) is 24.2. The molecule has 0 radical (unpaired) electrons. The Labute approximate surface area is 102 Å². The monoisotopic (exact) mass is 245 g/mol. The van der Waals surface area contributed by atoms with Crippen LogP contribution in [0.25, 0.3) is 0 Å². The molecule has 1 saturated heterocycles. The molecule has 6 heteroatoms. The van der Waals surface area contributed by atoms with Crippen molar-refractivity contribution in [2.75, 3.05) is 53.6 Å². The molecule has 0 aromatic heterocycles. The van der Waals surface area contributed by atoms with Crippen molar-refractivity contribution in [2.24, 2.45) is 5.73 Å². The van der Waals surface area contributed by atoms with E-state index in [0.717, 1.165) is 13.1 Å². The van der Waals surface area contributed by atoms with Gasteiger partial charge in [-0.1, -0.05) is 0 Å². The van der Waals surface area contributed by atoms with E-state index in [4.69, 9.17) is 15.2 Å². The molecular weight excluding hydrogens is 222 g/mol. The Bertz CT molecular complexity index is 242. The minimum absolute atomic E-state index is 0.116. The number of hydrogen-bond donors (Lipinski definition) is 2. The van der Waals surface area contributed by atoms with Crippen LogP contribution in [-0.2, 0) is 14.3 Å². The van der Waals surface area contributed by atoms with Crippen LogP contribution >= 0.6 is 0 Å². The lowest BCUT2D eigenvalue weighted by Crippen LogP contribution is -2.55. The van der Waals surface area contributed by atoms with Crippen molar-refractivity contribution in [1.82, 2.24) is 10.2 Å². The molecular formula is C11H23N3O3. The number of nitrogens with two attached hydrogens (primary N) is 1. The molecule has 0 bridgehead atoms. The second kappa shape index (κ2) is 6.90. The first kappa shape index (κ1) is 14.4. The van der Waals surface area contributed by atoms with Crippen LogP contribution in [0.2, 0.25) is 0 Å². The van der Waals surface area contributed by atoms with Crippen molar-refractivity contribution in [3.05, 3.63) is 0 Å². The summed E-state index contributed by atoms with van der Waals surface area (Å²) in [6.45, 7) is 3.81. The maximum atomic E-state index is 11.8. The van der Waals surface area contributed by atoms with Gasteiger partial charge in [-0.05, 0) is 13.5 Å². The van der Waals surface area contributed by atoms with Crippen LogP contribution in [0.15, 0.2) is 0 Å². The van der Waals surface area contributed by atoms with E-state index < -0.39 is 5.54 Å². The van der Waals surface area contributed by atoms with E-state index in [0.29, 0.717) is 32.8 Å². The Morgan fingerprint density at radius 1 is 1.59 bits per heavy atom. The fraction of sp³-hybridized carbons (Fsp3) is 0.909. The van der Waals surface area contributed by atoms with Crippen molar-refractivity contribution in [3.63, 3.8) is 0 Å². The van der Waals surface area contributed by atoms with Gasteiger partial charge in [-0.25, -0.2) is 0 Å². The summed E-state index contributed by atoms with van der Waals surface area (Å²) in [6, 6.07) is 0. The van der Waals surface area contributed by atoms with Gasteiger partial charge in [0, 0.05) is 33.4 Å². The lowest BCUT2D eigenvalue weighted by Gasteiger charge is -2.22. The smallest absolute Gasteiger partial charge is 0.242 e. The van der Waals surface area contributed by atoms with Crippen molar-refractivity contribution in [2.45, 2.75) is 12.0 Å². The molecule has 6 nitrogen and oxygen atoms in total. The van der Waals surface area contributed by atoms with Crippen LogP contribution < -0.4 is 11.1 Å². The Balaban J connectivity index is 2.15. The predicted molar refractivity (Wildman–Crippen MR) is 64.7 cm³/mol. The molecule has 1 amide bonds. The third-order valence-corrected chi connectivity index (χ3v) is 2.96. The first-order valence-electron chi connectivity index (χ1n) is 5.91. The maximum absolute atomic E-state index is 11.8. The minimum Gasteiger partial charge on any atom is -0.383 e. The standard InChI is InChI=1S/C11H23N3O3/c1-14(6-8-16-2)5-4-13-10(15)11(12)3-7-17-9-11/h3-9,12H2,1-2H3,(H,13,15). The molecule has 1 aliphatic heterocycles. The molecule has 1 aliphatic rings. The van der Waals surface area contributed by atoms with Gasteiger partial charge in [0.15, 0.2) is 0 Å². The van der Waals surface area contributed by atoms with Gasteiger partial charge in [0.25, 0.3) is 0 Å². The van der Waals surface area contributed by atoms with Gasteiger partial charge in [-0.3, -0.25) is 4.79 Å². The third-order valence-electron chi connectivity index (χ3n) is 2.96. The zero-order valence-corrected chi connectivity index (χ0v) is 10.7. The van der Waals surface area contributed by atoms with E-state index in [9.17, 15) is 4.79 Å². The summed E-state index contributed by atoms with van der Waals surface area (Å²) >= 11 is 0. The van der Waals surface area contributed by atoms with Gasteiger partial charge in [-0.2, -0.15) is 0 Å². The second-order valence-electron chi connectivity index (χ2n) is 4.51. The first-order chi connectivity index (χ1) is 8.08. The Morgan fingerprint density at radius 3 is 2.94 bits per heavy atom. The summed E-state index contributed by atoms with van der Waals surface area (Å²) < 4.78 is 10.1. The van der Waals surface area contributed by atoms with Gasteiger partial charge in [-0.15, -0.1) is 0 Å². The van der Waals surface area contributed by atoms with Crippen LogP contribution in [-0.4, -0.2) is 70.0 Å². The Kier molecular flexibility index (Phi) is 5.84. The average Bonchev–Trinajstić information content (AvgIpc) is 2.74.